The fourth-order valence-electron chi connectivity index (χ4n) is 5.27. The maximum Gasteiger partial charge on any atom is 0.302 e. The minimum absolute atomic E-state index is 0. The van der Waals surface area contributed by atoms with E-state index < -0.39 is 0 Å². The Labute approximate surface area is 270 Å². The monoisotopic (exact) mass is 696 g/mol. The second-order valence-corrected chi connectivity index (χ2v) is 10.5. The lowest BCUT2D eigenvalue weighted by Crippen LogP contribution is -3.00. The fourth-order valence-corrected chi connectivity index (χ4v) is 5.27. The number of aromatic nitrogens is 6. The smallest absolute Gasteiger partial charge is 0.302 e. The van der Waals surface area contributed by atoms with Crippen molar-refractivity contribution in [1.29, 1.82) is 0 Å². The van der Waals surface area contributed by atoms with Crippen molar-refractivity contribution in [2.24, 2.45) is 12.1 Å². The van der Waals surface area contributed by atoms with Crippen molar-refractivity contribution in [1.82, 2.24) is 18.7 Å². The summed E-state index contributed by atoms with van der Waals surface area (Å²) in [5.74, 6) is 1.12. The van der Waals surface area contributed by atoms with E-state index in [1.54, 1.807) is 0 Å². The Balaban J connectivity index is 0.00000242. The molecule has 5 aromatic rings. The summed E-state index contributed by atoms with van der Waals surface area (Å²) in [6.45, 7) is 4.17. The lowest BCUT2D eigenvalue weighted by atomic mass is 10.2. The molecule has 0 aliphatic rings. The van der Waals surface area contributed by atoms with Gasteiger partial charge < -0.3 is 38.5 Å². The highest BCUT2D eigenvalue weighted by atomic mass is 79.9. The number of hydrogen-bond acceptors (Lipinski definition) is 3. The molecule has 0 radical (unpaired) electrons. The Morgan fingerprint density at radius 3 is 2.33 bits per heavy atom. The first-order chi connectivity index (χ1) is 19.7. The van der Waals surface area contributed by atoms with E-state index in [1.165, 1.54) is 43.1 Å². The summed E-state index contributed by atoms with van der Waals surface area (Å²) in [5, 5.41) is 6.69. The van der Waals surface area contributed by atoms with Crippen LogP contribution in [0.5, 0.6) is 0 Å². The van der Waals surface area contributed by atoms with Gasteiger partial charge in [0.25, 0.3) is 0 Å². The molecule has 0 amide bonds. The Morgan fingerprint density at radius 2 is 1.55 bits per heavy atom. The molecule has 0 fully saturated rings. The van der Waals surface area contributed by atoms with Gasteiger partial charge in [0.2, 0.25) is 6.33 Å². The highest BCUT2D eigenvalue weighted by molar-refractivity contribution is 5.81. The molecule has 0 unspecified atom stereocenters. The Kier molecular flexibility index (Phi) is 13.5. The van der Waals surface area contributed by atoms with Gasteiger partial charge in [-0.05, 0) is 62.8 Å². The van der Waals surface area contributed by atoms with Crippen LogP contribution in [0.25, 0.3) is 11.0 Å². The highest BCUT2D eigenvalue weighted by Crippen LogP contribution is 2.16. The Bertz CT molecular complexity index is 1490. The third-order valence-electron chi connectivity index (χ3n) is 7.57. The highest BCUT2D eigenvalue weighted by Gasteiger charge is 2.20. The van der Waals surface area contributed by atoms with Crippen LogP contribution in [-0.2, 0) is 33.2 Å². The van der Waals surface area contributed by atoms with Crippen molar-refractivity contribution >= 4 is 22.9 Å². The van der Waals surface area contributed by atoms with Gasteiger partial charge in [-0.25, -0.2) is 23.3 Å². The van der Waals surface area contributed by atoms with E-state index in [4.69, 9.17) is 5.10 Å². The van der Waals surface area contributed by atoms with Crippen LogP contribution in [0.15, 0.2) is 97.1 Å². The zero-order valence-corrected chi connectivity index (χ0v) is 27.8. The lowest BCUT2D eigenvalue weighted by Gasteiger charge is -2.11. The molecule has 0 aliphatic carbocycles. The van der Waals surface area contributed by atoms with E-state index in [0.717, 1.165) is 44.1 Å². The maximum atomic E-state index is 4.77. The molecule has 0 N–H and O–H groups in total. The molecule has 10 heteroatoms. The van der Waals surface area contributed by atoms with E-state index in [9.17, 15) is 0 Å². The molecule has 0 bridgehead atoms. The number of unbranched alkanes of at least 4 members (excludes halogenated alkanes) is 4. The summed E-state index contributed by atoms with van der Waals surface area (Å²) in [6.07, 6.45) is 21.6. The standard InChI is InChI=1S/C32H42N8.2BrH/c1-35-30-16-8-9-17-31(30)40(32(35)26-34-36(2)29-14-6-5-7-15-29)22-11-4-3-10-20-38-24-25-39(28-38)21-13-12-19-37-23-18-33-27-37;;/h5-9,14-18,23-28H,3-4,10-13,19-22H2,1-2H3;2*1H/q+2;;/p-2. The average Bonchev–Trinajstić information content (AvgIpc) is 3.73. The van der Waals surface area contributed by atoms with E-state index in [0.29, 0.717) is 0 Å². The van der Waals surface area contributed by atoms with Crippen molar-refractivity contribution in [3.05, 3.63) is 97.9 Å². The number of rotatable bonds is 15. The number of para-hydroxylation sites is 3. The second kappa shape index (κ2) is 17.0. The summed E-state index contributed by atoms with van der Waals surface area (Å²) >= 11 is 0. The van der Waals surface area contributed by atoms with Crippen LogP contribution >= 0.6 is 0 Å². The van der Waals surface area contributed by atoms with Gasteiger partial charge in [0, 0.05) is 26.0 Å². The molecular formula is C32H42Br2N8. The number of fused-ring (bicyclic) bond motifs is 1. The number of anilines is 1. The predicted octanol–water partition coefficient (Wildman–Crippen LogP) is -1.03. The molecule has 224 valence electrons. The third kappa shape index (κ3) is 8.88. The molecule has 0 saturated carbocycles. The predicted molar refractivity (Wildman–Crippen MR) is 160 cm³/mol. The molecular weight excluding hydrogens is 656 g/mol. The van der Waals surface area contributed by atoms with Crippen LogP contribution in [0.3, 0.4) is 0 Å². The summed E-state index contributed by atoms with van der Waals surface area (Å²) in [4.78, 5) is 4.11. The summed E-state index contributed by atoms with van der Waals surface area (Å²) < 4.78 is 11.4. The molecule has 8 nitrogen and oxygen atoms in total. The average molecular weight is 699 g/mol. The van der Waals surface area contributed by atoms with Crippen molar-refractivity contribution in [2.45, 2.75) is 64.7 Å². The van der Waals surface area contributed by atoms with Crippen LogP contribution in [0, 0.1) is 0 Å². The summed E-state index contributed by atoms with van der Waals surface area (Å²) in [6, 6.07) is 18.9. The number of hydrazone groups is 1. The normalized spacial score (nSPS) is 11.1. The largest absolute Gasteiger partial charge is 1.00 e. The quantitative estimate of drug-likeness (QED) is 0.0609. The van der Waals surface area contributed by atoms with Gasteiger partial charge in [-0.15, -0.1) is 0 Å². The lowest BCUT2D eigenvalue weighted by molar-refractivity contribution is -0.696. The molecule has 2 aromatic carbocycles. The first kappa shape index (κ1) is 33.3. The zero-order valence-electron chi connectivity index (χ0n) is 24.6. The van der Waals surface area contributed by atoms with Gasteiger partial charge in [0.15, 0.2) is 11.0 Å². The van der Waals surface area contributed by atoms with Crippen molar-refractivity contribution < 1.29 is 43.1 Å². The molecule has 3 aromatic heterocycles. The molecule has 0 spiro atoms. The maximum absolute atomic E-state index is 4.77. The Hall–Kier alpha value is -3.24. The summed E-state index contributed by atoms with van der Waals surface area (Å²) in [5.41, 5.74) is 3.56. The fraction of sp³-hybridized carbons (Fsp3) is 0.375. The molecule has 0 atom stereocenters. The van der Waals surface area contributed by atoms with Crippen molar-refractivity contribution in [3.8, 4) is 0 Å². The molecule has 0 aliphatic heterocycles. The third-order valence-corrected chi connectivity index (χ3v) is 7.57. The number of hydrogen-bond donors (Lipinski definition) is 0. The Morgan fingerprint density at radius 1 is 0.833 bits per heavy atom. The zero-order chi connectivity index (χ0) is 27.6. The van der Waals surface area contributed by atoms with Gasteiger partial charge >= 0.3 is 5.82 Å². The molecule has 3 heterocycles. The van der Waals surface area contributed by atoms with Crippen LogP contribution < -0.4 is 48.1 Å². The van der Waals surface area contributed by atoms with Crippen LogP contribution in [-0.4, -0.2) is 31.9 Å². The van der Waals surface area contributed by atoms with E-state index in [1.807, 2.05) is 55.2 Å². The minimum atomic E-state index is 0. The van der Waals surface area contributed by atoms with Crippen LogP contribution in [0.2, 0.25) is 0 Å². The number of halogens is 2. The van der Waals surface area contributed by atoms with Crippen LogP contribution in [0.1, 0.15) is 44.3 Å². The number of benzene rings is 2. The van der Waals surface area contributed by atoms with E-state index >= 15 is 0 Å². The van der Waals surface area contributed by atoms with Crippen LogP contribution in [0.4, 0.5) is 5.69 Å². The van der Waals surface area contributed by atoms with E-state index in [2.05, 4.69) is 90.0 Å². The first-order valence-electron chi connectivity index (χ1n) is 14.5. The van der Waals surface area contributed by atoms with Gasteiger partial charge in [-0.2, -0.15) is 5.10 Å². The molecule has 42 heavy (non-hydrogen) atoms. The van der Waals surface area contributed by atoms with Gasteiger partial charge in [0.05, 0.1) is 38.7 Å². The minimum Gasteiger partial charge on any atom is -1.00 e. The van der Waals surface area contributed by atoms with Gasteiger partial charge in [-0.3, -0.25) is 5.01 Å². The topological polar surface area (TPSA) is 51.0 Å². The SMILES string of the molecule is CN(N=Cc1n(CCCCCC[n+]2ccn(CCCCn3ccnc3)c2)c2ccccc2[n+]1C)c1ccccc1.[Br-].[Br-]. The first-order valence-corrected chi connectivity index (χ1v) is 14.5. The van der Waals surface area contributed by atoms with Crippen molar-refractivity contribution in [2.75, 3.05) is 12.1 Å². The molecule has 5 rings (SSSR count). The number of aryl methyl sites for hydroxylation is 5. The number of imidazole rings is 3. The summed E-state index contributed by atoms with van der Waals surface area (Å²) in [7, 11) is 4.12. The second-order valence-electron chi connectivity index (χ2n) is 10.5. The molecule has 0 saturated heterocycles. The van der Waals surface area contributed by atoms with E-state index in [-0.39, 0.29) is 34.0 Å². The number of nitrogens with zero attached hydrogens (tertiary/aromatic N) is 8. The van der Waals surface area contributed by atoms with Crippen molar-refractivity contribution in [3.63, 3.8) is 0 Å². The van der Waals surface area contributed by atoms with Gasteiger partial charge in [0.1, 0.15) is 18.6 Å². The van der Waals surface area contributed by atoms with Gasteiger partial charge in [-0.1, -0.05) is 30.3 Å².